The average Bonchev–Trinajstić information content (AvgIpc) is 2.26. The van der Waals surface area contributed by atoms with Crippen molar-refractivity contribution in [1.82, 2.24) is 9.97 Å². The fourth-order valence-electron chi connectivity index (χ4n) is 1.56. The number of hydrogen-bond acceptors (Lipinski definition) is 3. The molecule has 0 saturated heterocycles. The van der Waals surface area contributed by atoms with E-state index in [1.165, 1.54) is 6.07 Å². The molecular weight excluding hydrogens is 314 g/mol. The molecule has 2 rings (SSSR count). The highest BCUT2D eigenvalue weighted by atomic mass is 79.9. The first-order valence-electron chi connectivity index (χ1n) is 5.41. The molecule has 1 aromatic carbocycles. The van der Waals surface area contributed by atoms with Crippen LogP contribution in [0.3, 0.4) is 0 Å². The molecule has 1 heterocycles. The van der Waals surface area contributed by atoms with Crippen LogP contribution in [0.2, 0.25) is 0 Å². The molecule has 0 spiro atoms. The summed E-state index contributed by atoms with van der Waals surface area (Å²) in [6.45, 7) is 0. The third kappa shape index (κ3) is 3.92. The first kappa shape index (κ1) is 13.3. The number of halogens is 1. The normalized spacial score (nSPS) is 10.2. The maximum absolute atomic E-state index is 11.8. The second-order valence-corrected chi connectivity index (χ2v) is 4.76. The summed E-state index contributed by atoms with van der Waals surface area (Å²) in [4.78, 5) is 38.3. The lowest BCUT2D eigenvalue weighted by Crippen LogP contribution is -2.25. The van der Waals surface area contributed by atoms with Gasteiger partial charge < -0.3 is 10.3 Å². The second kappa shape index (κ2) is 5.66. The summed E-state index contributed by atoms with van der Waals surface area (Å²) < 4.78 is 0.842. The van der Waals surface area contributed by atoms with Gasteiger partial charge in [-0.05, 0) is 18.2 Å². The number of H-pyrrole nitrogens is 2. The molecule has 1 amide bonds. The summed E-state index contributed by atoms with van der Waals surface area (Å²) in [6, 6.07) is 8.29. The minimum atomic E-state index is -0.627. The molecule has 0 bridgehead atoms. The summed E-state index contributed by atoms with van der Waals surface area (Å²) in [5.41, 5.74) is -0.264. The molecule has 7 heteroatoms. The maximum atomic E-state index is 11.8. The SMILES string of the molecule is O=C(Cc1cc(=O)[nH]c(=O)[nH]1)Nc1cccc(Br)c1. The van der Waals surface area contributed by atoms with E-state index in [1.54, 1.807) is 18.2 Å². The number of anilines is 1. The summed E-state index contributed by atoms with van der Waals surface area (Å²) in [7, 11) is 0. The molecular formula is C12H10BrN3O3. The van der Waals surface area contributed by atoms with E-state index in [9.17, 15) is 14.4 Å². The van der Waals surface area contributed by atoms with Crippen molar-refractivity contribution < 1.29 is 4.79 Å². The van der Waals surface area contributed by atoms with Gasteiger partial charge in [-0.3, -0.25) is 14.6 Å². The monoisotopic (exact) mass is 323 g/mol. The first-order chi connectivity index (χ1) is 9.02. The molecule has 0 radical (unpaired) electrons. The minimum absolute atomic E-state index is 0.0777. The number of benzene rings is 1. The Morgan fingerprint density at radius 3 is 2.68 bits per heavy atom. The Kier molecular flexibility index (Phi) is 3.96. The minimum Gasteiger partial charge on any atom is -0.326 e. The Bertz CT molecular complexity index is 692. The van der Waals surface area contributed by atoms with Crippen molar-refractivity contribution in [3.05, 3.63) is 61.3 Å². The van der Waals surface area contributed by atoms with Crippen LogP contribution in [0.15, 0.2) is 44.4 Å². The third-order valence-corrected chi connectivity index (χ3v) is 2.77. The fourth-order valence-corrected chi connectivity index (χ4v) is 1.96. The van der Waals surface area contributed by atoms with Gasteiger partial charge in [0.2, 0.25) is 5.91 Å². The highest BCUT2D eigenvalue weighted by Crippen LogP contribution is 2.15. The zero-order chi connectivity index (χ0) is 13.8. The van der Waals surface area contributed by atoms with Gasteiger partial charge in [-0.1, -0.05) is 22.0 Å². The van der Waals surface area contributed by atoms with Crippen LogP contribution in [0.4, 0.5) is 5.69 Å². The molecule has 0 atom stereocenters. The van der Waals surface area contributed by atoms with Gasteiger partial charge in [0.25, 0.3) is 5.56 Å². The summed E-state index contributed by atoms with van der Waals surface area (Å²) in [6.07, 6.45) is -0.0777. The van der Waals surface area contributed by atoms with E-state index in [4.69, 9.17) is 0 Å². The molecule has 19 heavy (non-hydrogen) atoms. The van der Waals surface area contributed by atoms with Crippen LogP contribution in [-0.2, 0) is 11.2 Å². The Hall–Kier alpha value is -2.15. The number of carbonyl (C=O) groups excluding carboxylic acids is 1. The number of nitrogens with one attached hydrogen (secondary N) is 3. The van der Waals surface area contributed by atoms with Crippen molar-refractivity contribution in [2.45, 2.75) is 6.42 Å². The maximum Gasteiger partial charge on any atom is 0.325 e. The Morgan fingerprint density at radius 1 is 1.21 bits per heavy atom. The van der Waals surface area contributed by atoms with Gasteiger partial charge in [0, 0.05) is 21.9 Å². The summed E-state index contributed by atoms with van der Waals surface area (Å²) in [5, 5.41) is 2.67. The van der Waals surface area contributed by atoms with Crippen molar-refractivity contribution in [2.24, 2.45) is 0 Å². The molecule has 0 unspecified atom stereocenters. The lowest BCUT2D eigenvalue weighted by molar-refractivity contribution is -0.115. The number of carbonyl (C=O) groups is 1. The predicted octanol–water partition coefficient (Wildman–Crippen LogP) is 1.01. The van der Waals surface area contributed by atoms with Gasteiger partial charge in [0.1, 0.15) is 0 Å². The van der Waals surface area contributed by atoms with E-state index in [1.807, 2.05) is 11.1 Å². The van der Waals surface area contributed by atoms with Crippen molar-refractivity contribution in [1.29, 1.82) is 0 Å². The van der Waals surface area contributed by atoms with Crippen molar-refractivity contribution in [3.8, 4) is 0 Å². The zero-order valence-electron chi connectivity index (χ0n) is 9.70. The molecule has 0 fully saturated rings. The van der Waals surface area contributed by atoms with Crippen LogP contribution in [-0.4, -0.2) is 15.9 Å². The lowest BCUT2D eigenvalue weighted by Gasteiger charge is -2.05. The zero-order valence-corrected chi connectivity index (χ0v) is 11.3. The molecule has 1 aromatic heterocycles. The molecule has 0 aliphatic rings. The van der Waals surface area contributed by atoms with Crippen LogP contribution >= 0.6 is 15.9 Å². The third-order valence-electron chi connectivity index (χ3n) is 2.28. The van der Waals surface area contributed by atoms with E-state index in [2.05, 4.69) is 26.2 Å². The van der Waals surface area contributed by atoms with Gasteiger partial charge in [-0.15, -0.1) is 0 Å². The van der Waals surface area contributed by atoms with Gasteiger partial charge in [0.15, 0.2) is 0 Å². The van der Waals surface area contributed by atoms with Crippen LogP contribution in [0, 0.1) is 0 Å². The number of aromatic nitrogens is 2. The number of hydrogen-bond donors (Lipinski definition) is 3. The van der Waals surface area contributed by atoms with Crippen molar-refractivity contribution >= 4 is 27.5 Å². The number of rotatable bonds is 3. The topological polar surface area (TPSA) is 94.8 Å². The van der Waals surface area contributed by atoms with Crippen molar-refractivity contribution in [2.75, 3.05) is 5.32 Å². The van der Waals surface area contributed by atoms with Gasteiger partial charge in [-0.2, -0.15) is 0 Å². The Morgan fingerprint density at radius 2 is 2.00 bits per heavy atom. The molecule has 0 aliphatic heterocycles. The molecule has 2 aromatic rings. The molecule has 98 valence electrons. The van der Waals surface area contributed by atoms with Crippen molar-refractivity contribution in [3.63, 3.8) is 0 Å². The van der Waals surface area contributed by atoms with Crippen LogP contribution in [0.1, 0.15) is 5.69 Å². The molecule has 3 N–H and O–H groups in total. The molecule has 6 nitrogen and oxygen atoms in total. The van der Waals surface area contributed by atoms with E-state index >= 15 is 0 Å². The van der Waals surface area contributed by atoms with E-state index < -0.39 is 11.2 Å². The fraction of sp³-hybridized carbons (Fsp3) is 0.0833. The summed E-state index contributed by atoms with van der Waals surface area (Å²) in [5.74, 6) is -0.320. The van der Waals surface area contributed by atoms with Gasteiger partial charge in [0.05, 0.1) is 6.42 Å². The van der Waals surface area contributed by atoms with Gasteiger partial charge in [-0.25, -0.2) is 4.79 Å². The van der Waals surface area contributed by atoms with E-state index in [0.717, 1.165) is 4.47 Å². The smallest absolute Gasteiger partial charge is 0.325 e. The number of amides is 1. The average molecular weight is 324 g/mol. The second-order valence-electron chi connectivity index (χ2n) is 3.85. The first-order valence-corrected chi connectivity index (χ1v) is 6.20. The van der Waals surface area contributed by atoms with Crippen LogP contribution in [0.25, 0.3) is 0 Å². The largest absolute Gasteiger partial charge is 0.326 e. The van der Waals surface area contributed by atoms with Crippen LogP contribution in [0.5, 0.6) is 0 Å². The quantitative estimate of drug-likeness (QED) is 0.786. The van der Waals surface area contributed by atoms with Crippen LogP contribution < -0.4 is 16.6 Å². The highest BCUT2D eigenvalue weighted by Gasteiger charge is 2.06. The lowest BCUT2D eigenvalue weighted by atomic mass is 10.2. The Labute approximate surface area is 116 Å². The Balaban J connectivity index is 2.09. The van der Waals surface area contributed by atoms with Gasteiger partial charge >= 0.3 is 5.69 Å². The summed E-state index contributed by atoms with van der Waals surface area (Å²) >= 11 is 3.29. The van der Waals surface area contributed by atoms with E-state index in [-0.39, 0.29) is 18.0 Å². The predicted molar refractivity (Wildman–Crippen MR) is 74.2 cm³/mol. The number of aromatic amines is 2. The molecule has 0 saturated carbocycles. The van der Waals surface area contributed by atoms with E-state index in [0.29, 0.717) is 5.69 Å². The highest BCUT2D eigenvalue weighted by molar-refractivity contribution is 9.10. The molecule has 0 aliphatic carbocycles. The standard InChI is InChI=1S/C12H10BrN3O3/c13-7-2-1-3-8(4-7)14-10(17)5-9-6-11(18)16-12(19)15-9/h1-4,6H,5H2,(H,14,17)(H2,15,16,18,19).